The molecule has 1 aromatic heterocycles. The number of aromatic nitrogens is 2. The second-order valence-corrected chi connectivity index (χ2v) is 8.09. The fourth-order valence-electron chi connectivity index (χ4n) is 3.38. The second-order valence-electron chi connectivity index (χ2n) is 8.09. The lowest BCUT2D eigenvalue weighted by Gasteiger charge is -2.43. The summed E-state index contributed by atoms with van der Waals surface area (Å²) in [5, 5.41) is 4.43. The number of nitrogens with zero attached hydrogens (tertiary/aromatic N) is 3. The van der Waals surface area contributed by atoms with E-state index in [2.05, 4.69) is 38.0 Å². The van der Waals surface area contributed by atoms with Crippen molar-refractivity contribution < 1.29 is 9.53 Å². The number of amides is 1. The van der Waals surface area contributed by atoms with Crippen LogP contribution in [0.5, 0.6) is 0 Å². The number of carbonyl (C=O) groups is 1. The maximum Gasteiger partial charge on any atom is 0.272 e. The Labute approximate surface area is 156 Å². The molecule has 140 valence electrons. The molecule has 0 saturated carbocycles. The average molecular weight is 355 g/mol. The Bertz CT molecular complexity index is 761. The molecular weight excluding hydrogens is 326 g/mol. The topological polar surface area (TPSA) is 47.4 Å². The van der Waals surface area contributed by atoms with Crippen LogP contribution in [0.1, 0.15) is 55.5 Å². The number of hydrogen-bond acceptors (Lipinski definition) is 3. The lowest BCUT2D eigenvalue weighted by atomic mass is 9.87. The third kappa shape index (κ3) is 3.83. The van der Waals surface area contributed by atoms with Gasteiger partial charge in [0.05, 0.1) is 18.3 Å². The van der Waals surface area contributed by atoms with E-state index in [9.17, 15) is 4.79 Å². The summed E-state index contributed by atoms with van der Waals surface area (Å²) in [7, 11) is 0. The molecule has 1 aromatic carbocycles. The minimum atomic E-state index is -0.114. The quantitative estimate of drug-likeness (QED) is 0.840. The van der Waals surface area contributed by atoms with E-state index in [1.165, 1.54) is 0 Å². The summed E-state index contributed by atoms with van der Waals surface area (Å²) in [6.45, 7) is 12.3. The third-order valence-corrected chi connectivity index (χ3v) is 4.95. The Balaban J connectivity index is 1.90. The van der Waals surface area contributed by atoms with Gasteiger partial charge in [0.25, 0.3) is 5.91 Å². The normalized spacial score (nSPS) is 21.0. The molecule has 2 aromatic rings. The maximum atomic E-state index is 13.3. The van der Waals surface area contributed by atoms with E-state index < -0.39 is 0 Å². The molecule has 0 bridgehead atoms. The van der Waals surface area contributed by atoms with Crippen LogP contribution >= 0.6 is 0 Å². The first kappa shape index (κ1) is 18.6. The molecule has 0 unspecified atom stereocenters. The molecule has 1 aliphatic heterocycles. The van der Waals surface area contributed by atoms with Crippen LogP contribution in [0.3, 0.4) is 0 Å². The zero-order chi connectivity index (χ0) is 18.9. The molecule has 2 atom stereocenters. The SMILES string of the molecule is CCn1nc(C)cc1C(=O)N1C[C@@H](c2ccccc2)O[C@@H](C(C)(C)C)C1. The van der Waals surface area contributed by atoms with Crippen molar-refractivity contribution in [1.82, 2.24) is 14.7 Å². The van der Waals surface area contributed by atoms with Gasteiger partial charge in [-0.3, -0.25) is 9.48 Å². The summed E-state index contributed by atoms with van der Waals surface area (Å²) in [6, 6.07) is 12.0. The minimum absolute atomic E-state index is 0.0236. The van der Waals surface area contributed by atoms with E-state index >= 15 is 0 Å². The number of hydrogen-bond donors (Lipinski definition) is 0. The number of morpholine rings is 1. The van der Waals surface area contributed by atoms with Crippen LogP contribution in [0.2, 0.25) is 0 Å². The predicted molar refractivity (Wildman–Crippen MR) is 102 cm³/mol. The third-order valence-electron chi connectivity index (χ3n) is 4.95. The first-order valence-electron chi connectivity index (χ1n) is 9.33. The highest BCUT2D eigenvalue weighted by Gasteiger charge is 2.38. The number of carbonyl (C=O) groups excluding carboxylic acids is 1. The molecule has 1 amide bonds. The molecule has 3 rings (SSSR count). The Morgan fingerprint density at radius 2 is 1.92 bits per heavy atom. The molecule has 0 aliphatic carbocycles. The highest BCUT2D eigenvalue weighted by atomic mass is 16.5. The van der Waals surface area contributed by atoms with Gasteiger partial charge in [0.2, 0.25) is 0 Å². The van der Waals surface area contributed by atoms with Gasteiger partial charge in [0.15, 0.2) is 0 Å². The van der Waals surface area contributed by atoms with Crippen LogP contribution in [-0.2, 0) is 11.3 Å². The van der Waals surface area contributed by atoms with Crippen molar-refractivity contribution in [3.63, 3.8) is 0 Å². The van der Waals surface area contributed by atoms with E-state index in [1.807, 2.05) is 43.0 Å². The van der Waals surface area contributed by atoms with Crippen molar-refractivity contribution in [3.8, 4) is 0 Å². The van der Waals surface area contributed by atoms with Gasteiger partial charge in [-0.2, -0.15) is 5.10 Å². The molecule has 5 nitrogen and oxygen atoms in total. The van der Waals surface area contributed by atoms with E-state index in [4.69, 9.17) is 4.74 Å². The van der Waals surface area contributed by atoms with Gasteiger partial charge < -0.3 is 9.64 Å². The maximum absolute atomic E-state index is 13.3. The second kappa shape index (κ2) is 7.23. The molecule has 0 N–H and O–H groups in total. The average Bonchev–Trinajstić information content (AvgIpc) is 3.01. The van der Waals surface area contributed by atoms with Crippen LogP contribution in [0.4, 0.5) is 0 Å². The lowest BCUT2D eigenvalue weighted by Crippen LogP contribution is -2.51. The fraction of sp³-hybridized carbons (Fsp3) is 0.524. The first-order chi connectivity index (χ1) is 12.3. The zero-order valence-electron chi connectivity index (χ0n) is 16.4. The smallest absolute Gasteiger partial charge is 0.272 e. The highest BCUT2D eigenvalue weighted by Crippen LogP contribution is 2.34. The van der Waals surface area contributed by atoms with E-state index in [0.717, 1.165) is 11.3 Å². The molecule has 26 heavy (non-hydrogen) atoms. The number of ether oxygens (including phenoxy) is 1. The van der Waals surface area contributed by atoms with Crippen LogP contribution < -0.4 is 0 Å². The molecular formula is C21H29N3O2. The van der Waals surface area contributed by atoms with Gasteiger partial charge in [-0.05, 0) is 30.9 Å². The monoisotopic (exact) mass is 355 g/mol. The summed E-state index contributed by atoms with van der Waals surface area (Å²) in [6.07, 6.45) is -0.137. The number of benzene rings is 1. The van der Waals surface area contributed by atoms with Gasteiger partial charge in [-0.1, -0.05) is 51.1 Å². The summed E-state index contributed by atoms with van der Waals surface area (Å²) in [4.78, 5) is 15.2. The van der Waals surface area contributed by atoms with Gasteiger partial charge >= 0.3 is 0 Å². The summed E-state index contributed by atoms with van der Waals surface area (Å²) in [5.41, 5.74) is 2.59. The van der Waals surface area contributed by atoms with Crippen LogP contribution in [0.15, 0.2) is 36.4 Å². The predicted octanol–water partition coefficient (Wildman–Crippen LogP) is 3.84. The van der Waals surface area contributed by atoms with Crippen LogP contribution in [0, 0.1) is 12.3 Å². The van der Waals surface area contributed by atoms with Crippen molar-refractivity contribution >= 4 is 5.91 Å². The minimum Gasteiger partial charge on any atom is -0.366 e. The molecule has 1 saturated heterocycles. The van der Waals surface area contributed by atoms with Crippen LogP contribution in [-0.4, -0.2) is 39.8 Å². The summed E-state index contributed by atoms with van der Waals surface area (Å²) in [5.74, 6) is 0.0333. The molecule has 0 spiro atoms. The molecule has 1 aliphatic rings. The Morgan fingerprint density at radius 3 is 2.54 bits per heavy atom. The first-order valence-corrected chi connectivity index (χ1v) is 9.33. The Kier molecular flexibility index (Phi) is 5.19. The fourth-order valence-corrected chi connectivity index (χ4v) is 3.38. The van der Waals surface area contributed by atoms with E-state index in [0.29, 0.717) is 25.3 Å². The van der Waals surface area contributed by atoms with Gasteiger partial charge in [-0.15, -0.1) is 0 Å². The number of aryl methyl sites for hydroxylation is 2. The highest BCUT2D eigenvalue weighted by molar-refractivity contribution is 5.92. The molecule has 2 heterocycles. The molecule has 1 fully saturated rings. The van der Waals surface area contributed by atoms with Crippen molar-refractivity contribution in [2.24, 2.45) is 5.41 Å². The summed E-state index contributed by atoms with van der Waals surface area (Å²) < 4.78 is 8.19. The van der Waals surface area contributed by atoms with E-state index in [-0.39, 0.29) is 23.5 Å². The zero-order valence-corrected chi connectivity index (χ0v) is 16.4. The lowest BCUT2D eigenvalue weighted by molar-refractivity contribution is -0.119. The standard InChI is InChI=1S/C21H29N3O2/c1-6-24-17(12-15(2)22-24)20(25)23-13-18(16-10-8-7-9-11-16)26-19(14-23)21(3,4)5/h7-12,18-19H,6,13-14H2,1-5H3/t18-,19+/m0/s1. The van der Waals surface area contributed by atoms with Crippen molar-refractivity contribution in [1.29, 1.82) is 0 Å². The van der Waals surface area contributed by atoms with Crippen molar-refractivity contribution in [2.75, 3.05) is 13.1 Å². The Morgan fingerprint density at radius 1 is 1.23 bits per heavy atom. The Hall–Kier alpha value is -2.14. The van der Waals surface area contributed by atoms with E-state index in [1.54, 1.807) is 4.68 Å². The molecule has 5 heteroatoms. The van der Waals surface area contributed by atoms with Crippen molar-refractivity contribution in [2.45, 2.75) is 53.4 Å². The molecule has 0 radical (unpaired) electrons. The largest absolute Gasteiger partial charge is 0.366 e. The van der Waals surface area contributed by atoms with Crippen LogP contribution in [0.25, 0.3) is 0 Å². The van der Waals surface area contributed by atoms with Gasteiger partial charge in [0.1, 0.15) is 11.8 Å². The summed E-state index contributed by atoms with van der Waals surface area (Å²) >= 11 is 0. The number of rotatable bonds is 3. The van der Waals surface area contributed by atoms with Crippen molar-refractivity contribution in [3.05, 3.63) is 53.3 Å². The van der Waals surface area contributed by atoms with Gasteiger partial charge in [0, 0.05) is 13.1 Å². The van der Waals surface area contributed by atoms with Gasteiger partial charge in [-0.25, -0.2) is 0 Å².